The first-order chi connectivity index (χ1) is 15.3. The maximum atomic E-state index is 6.00. The van der Waals surface area contributed by atoms with Gasteiger partial charge in [-0.2, -0.15) is 0 Å². The summed E-state index contributed by atoms with van der Waals surface area (Å²) < 4.78 is 6.00. The summed E-state index contributed by atoms with van der Waals surface area (Å²) in [5.41, 5.74) is 3.10. The second-order valence-electron chi connectivity index (χ2n) is 9.39. The Bertz CT molecular complexity index is 718. The van der Waals surface area contributed by atoms with Gasteiger partial charge in [-0.1, -0.05) is 71.6 Å². The summed E-state index contributed by atoms with van der Waals surface area (Å²) in [5, 5.41) is 0. The van der Waals surface area contributed by atoms with Crippen molar-refractivity contribution in [3.8, 4) is 17.0 Å². The molecule has 1 aromatic heterocycles. The van der Waals surface area contributed by atoms with Gasteiger partial charge in [0, 0.05) is 11.8 Å². The lowest BCUT2D eigenvalue weighted by Gasteiger charge is -2.28. The van der Waals surface area contributed by atoms with Gasteiger partial charge >= 0.3 is 0 Å². The van der Waals surface area contributed by atoms with Gasteiger partial charge in [0.05, 0.1) is 24.2 Å². The van der Waals surface area contributed by atoms with Crippen molar-refractivity contribution in [2.24, 2.45) is 11.8 Å². The fourth-order valence-corrected chi connectivity index (χ4v) is 4.77. The van der Waals surface area contributed by atoms with Crippen molar-refractivity contribution in [2.75, 3.05) is 6.61 Å². The van der Waals surface area contributed by atoms with E-state index in [1.807, 2.05) is 12.4 Å². The van der Waals surface area contributed by atoms with E-state index in [2.05, 4.69) is 48.1 Å². The fourth-order valence-electron chi connectivity index (χ4n) is 4.77. The average molecular weight is 423 g/mol. The number of unbranched alkanes of at least 4 members (excludes halogenated alkanes) is 3. The molecule has 2 aromatic rings. The smallest absolute Gasteiger partial charge is 0.119 e. The quantitative estimate of drug-likeness (QED) is 0.306. The standard InChI is InChI=1S/C28H42N2O/c1-3-5-7-9-23-12-14-24(15-13-23)10-8-20-31-27-18-16-25(17-19-27)28-22-29-26(21-30-28)11-6-4-2/h16-19,21-24H,3-15,20H2,1-2H3/t23-,24-. The van der Waals surface area contributed by atoms with Gasteiger partial charge in [0.15, 0.2) is 0 Å². The Morgan fingerprint density at radius 2 is 1.45 bits per heavy atom. The van der Waals surface area contributed by atoms with Crippen LogP contribution < -0.4 is 4.74 Å². The third-order valence-corrected chi connectivity index (χ3v) is 6.85. The van der Waals surface area contributed by atoms with Crippen LogP contribution in [0.25, 0.3) is 11.3 Å². The van der Waals surface area contributed by atoms with E-state index < -0.39 is 0 Å². The van der Waals surface area contributed by atoms with Crippen molar-refractivity contribution in [3.05, 3.63) is 42.4 Å². The number of benzene rings is 1. The van der Waals surface area contributed by atoms with Gasteiger partial charge in [0.2, 0.25) is 0 Å². The van der Waals surface area contributed by atoms with Crippen molar-refractivity contribution >= 4 is 0 Å². The second kappa shape index (κ2) is 13.5. The van der Waals surface area contributed by atoms with E-state index in [4.69, 9.17) is 4.74 Å². The molecule has 0 aliphatic heterocycles. The van der Waals surface area contributed by atoms with Crippen molar-refractivity contribution in [1.29, 1.82) is 0 Å². The van der Waals surface area contributed by atoms with E-state index in [1.165, 1.54) is 70.6 Å². The minimum Gasteiger partial charge on any atom is -0.494 e. The van der Waals surface area contributed by atoms with Gasteiger partial charge < -0.3 is 4.74 Å². The lowest BCUT2D eigenvalue weighted by atomic mass is 9.78. The highest BCUT2D eigenvalue weighted by Crippen LogP contribution is 2.34. The third-order valence-electron chi connectivity index (χ3n) is 6.85. The van der Waals surface area contributed by atoms with Crippen molar-refractivity contribution in [3.63, 3.8) is 0 Å². The number of hydrogen-bond donors (Lipinski definition) is 0. The van der Waals surface area contributed by atoms with E-state index >= 15 is 0 Å². The number of rotatable bonds is 13. The zero-order valence-corrected chi connectivity index (χ0v) is 19.8. The molecule has 1 saturated carbocycles. The summed E-state index contributed by atoms with van der Waals surface area (Å²) in [5.74, 6) is 2.89. The van der Waals surface area contributed by atoms with E-state index in [-0.39, 0.29) is 0 Å². The van der Waals surface area contributed by atoms with Crippen LogP contribution in [0.5, 0.6) is 5.75 Å². The molecule has 1 aliphatic rings. The molecule has 0 bridgehead atoms. The lowest BCUT2D eigenvalue weighted by Crippen LogP contribution is -2.15. The fraction of sp³-hybridized carbons (Fsp3) is 0.643. The van der Waals surface area contributed by atoms with Gasteiger partial charge in [-0.05, 0) is 61.8 Å². The summed E-state index contributed by atoms with van der Waals surface area (Å²) in [6.07, 6.45) is 21.1. The predicted octanol–water partition coefficient (Wildman–Crippen LogP) is 8.03. The number of nitrogens with zero attached hydrogens (tertiary/aromatic N) is 2. The molecule has 0 amide bonds. The summed E-state index contributed by atoms with van der Waals surface area (Å²) in [7, 11) is 0. The van der Waals surface area contributed by atoms with Gasteiger partial charge in [-0.15, -0.1) is 0 Å². The van der Waals surface area contributed by atoms with Crippen molar-refractivity contribution in [2.45, 2.75) is 97.3 Å². The first-order valence-electron chi connectivity index (χ1n) is 12.8. The first kappa shape index (κ1) is 23.8. The molecule has 0 radical (unpaired) electrons. The monoisotopic (exact) mass is 422 g/mol. The summed E-state index contributed by atoms with van der Waals surface area (Å²) in [6, 6.07) is 8.29. The SMILES string of the molecule is CCCCC[C@H]1CC[C@H](CCCOc2ccc(-c3cnc(CCCC)cn3)cc2)CC1. The highest BCUT2D eigenvalue weighted by atomic mass is 16.5. The van der Waals surface area contributed by atoms with Gasteiger partial charge in [-0.25, -0.2) is 0 Å². The Kier molecular flexibility index (Phi) is 10.3. The Hall–Kier alpha value is -1.90. The zero-order valence-electron chi connectivity index (χ0n) is 19.8. The molecule has 3 nitrogen and oxygen atoms in total. The number of aryl methyl sites for hydroxylation is 1. The lowest BCUT2D eigenvalue weighted by molar-refractivity contribution is 0.228. The molecule has 0 unspecified atom stereocenters. The van der Waals surface area contributed by atoms with Crippen LogP contribution in [0.3, 0.4) is 0 Å². The van der Waals surface area contributed by atoms with E-state index in [0.29, 0.717) is 0 Å². The predicted molar refractivity (Wildman–Crippen MR) is 130 cm³/mol. The molecular weight excluding hydrogens is 380 g/mol. The first-order valence-corrected chi connectivity index (χ1v) is 12.8. The van der Waals surface area contributed by atoms with Crippen molar-refractivity contribution in [1.82, 2.24) is 9.97 Å². The minimum atomic E-state index is 0.821. The third kappa shape index (κ3) is 8.27. The Morgan fingerprint density at radius 1 is 0.774 bits per heavy atom. The Labute approximate surface area is 190 Å². The molecule has 3 heteroatoms. The molecule has 1 aromatic carbocycles. The summed E-state index contributed by atoms with van der Waals surface area (Å²) >= 11 is 0. The van der Waals surface area contributed by atoms with Gasteiger partial charge in [0.25, 0.3) is 0 Å². The highest BCUT2D eigenvalue weighted by molar-refractivity contribution is 5.58. The van der Waals surface area contributed by atoms with Crippen LogP contribution in [0.2, 0.25) is 0 Å². The van der Waals surface area contributed by atoms with Crippen LogP contribution in [-0.4, -0.2) is 16.6 Å². The maximum Gasteiger partial charge on any atom is 0.119 e. The zero-order chi connectivity index (χ0) is 21.7. The summed E-state index contributed by atoms with van der Waals surface area (Å²) in [6.45, 7) is 5.32. The molecule has 0 N–H and O–H groups in total. The van der Waals surface area contributed by atoms with Crippen LogP contribution in [0.15, 0.2) is 36.7 Å². The Morgan fingerprint density at radius 3 is 2.06 bits per heavy atom. The highest BCUT2D eigenvalue weighted by Gasteiger charge is 2.20. The molecule has 0 atom stereocenters. The number of ether oxygens (including phenoxy) is 1. The molecule has 0 spiro atoms. The molecule has 1 fully saturated rings. The van der Waals surface area contributed by atoms with Gasteiger partial charge in [0.1, 0.15) is 5.75 Å². The minimum absolute atomic E-state index is 0.821. The normalized spacial score (nSPS) is 18.8. The maximum absolute atomic E-state index is 6.00. The molecular formula is C28H42N2O. The van der Waals surface area contributed by atoms with Crippen molar-refractivity contribution < 1.29 is 4.74 Å². The summed E-state index contributed by atoms with van der Waals surface area (Å²) in [4.78, 5) is 9.13. The largest absolute Gasteiger partial charge is 0.494 e. The molecule has 3 rings (SSSR count). The molecule has 1 heterocycles. The van der Waals surface area contributed by atoms with Crippen LogP contribution in [0.1, 0.15) is 96.6 Å². The van der Waals surface area contributed by atoms with Crippen LogP contribution in [-0.2, 0) is 6.42 Å². The van der Waals surface area contributed by atoms with E-state index in [0.717, 1.165) is 54.0 Å². The van der Waals surface area contributed by atoms with Crippen LogP contribution in [0, 0.1) is 11.8 Å². The molecule has 170 valence electrons. The topological polar surface area (TPSA) is 35.0 Å². The number of aromatic nitrogens is 2. The molecule has 0 saturated heterocycles. The molecule has 1 aliphatic carbocycles. The van der Waals surface area contributed by atoms with E-state index in [9.17, 15) is 0 Å². The number of hydrogen-bond acceptors (Lipinski definition) is 3. The van der Waals surface area contributed by atoms with Crippen LogP contribution >= 0.6 is 0 Å². The van der Waals surface area contributed by atoms with Crippen LogP contribution in [0.4, 0.5) is 0 Å². The Balaban J connectivity index is 1.33. The average Bonchev–Trinajstić information content (AvgIpc) is 2.82. The van der Waals surface area contributed by atoms with Gasteiger partial charge in [-0.3, -0.25) is 9.97 Å². The molecule has 31 heavy (non-hydrogen) atoms. The second-order valence-corrected chi connectivity index (χ2v) is 9.39. The van der Waals surface area contributed by atoms with E-state index in [1.54, 1.807) is 0 Å².